The average Bonchev–Trinajstić information content (AvgIpc) is 3.24. The molecule has 1 heterocycles. The molecule has 1 aliphatic heterocycles. The number of hydrogen-bond acceptors (Lipinski definition) is 3. The molecule has 3 rings (SSSR count). The second kappa shape index (κ2) is 5.25. The van der Waals surface area contributed by atoms with E-state index in [1.165, 1.54) is 0 Å². The van der Waals surface area contributed by atoms with Crippen LogP contribution in [0.1, 0.15) is 28.8 Å². The summed E-state index contributed by atoms with van der Waals surface area (Å²) in [6, 6.07) is 7.52. The number of nitrogens with one attached hydrogen (secondary N) is 1. The van der Waals surface area contributed by atoms with Crippen LogP contribution in [-0.4, -0.2) is 35.8 Å². The summed E-state index contributed by atoms with van der Waals surface area (Å²) in [5.41, 5.74) is 7.63. The van der Waals surface area contributed by atoms with E-state index in [-0.39, 0.29) is 24.4 Å². The molecule has 1 unspecified atom stereocenters. The third kappa shape index (κ3) is 2.67. The number of carbonyl (C=O) groups excluding carboxylic acids is 2. The second-order valence-corrected chi connectivity index (χ2v) is 5.62. The summed E-state index contributed by atoms with van der Waals surface area (Å²) >= 11 is 0. The van der Waals surface area contributed by atoms with Gasteiger partial charge in [-0.2, -0.15) is 0 Å². The minimum Gasteiger partial charge on any atom is -0.353 e. The Morgan fingerprint density at radius 2 is 2.15 bits per heavy atom. The lowest BCUT2D eigenvalue weighted by molar-refractivity contribution is -0.121. The molecule has 1 atom stereocenters. The predicted octanol–water partition coefficient (Wildman–Crippen LogP) is 0.496. The van der Waals surface area contributed by atoms with E-state index in [0.717, 1.165) is 18.4 Å². The summed E-state index contributed by atoms with van der Waals surface area (Å²) in [5.74, 6) is 0.359. The standard InChI is InChI=1S/C15H19N3O2/c16-13(10-5-6-10)7-17-14(19)9-18-8-11-3-1-2-4-12(11)15(18)20/h1-4,10,13H,5-9,16H2,(H,17,19). The lowest BCUT2D eigenvalue weighted by Crippen LogP contribution is -2.43. The van der Waals surface area contributed by atoms with Crippen LogP contribution in [0.5, 0.6) is 0 Å². The van der Waals surface area contributed by atoms with Crippen LogP contribution in [0.15, 0.2) is 24.3 Å². The van der Waals surface area contributed by atoms with Crippen molar-refractivity contribution < 1.29 is 9.59 Å². The monoisotopic (exact) mass is 273 g/mol. The maximum absolute atomic E-state index is 12.1. The summed E-state index contributed by atoms with van der Waals surface area (Å²) in [4.78, 5) is 25.6. The highest BCUT2D eigenvalue weighted by Gasteiger charge is 2.30. The highest BCUT2D eigenvalue weighted by molar-refractivity contribution is 6.00. The van der Waals surface area contributed by atoms with Gasteiger partial charge in [-0.05, 0) is 30.4 Å². The van der Waals surface area contributed by atoms with Gasteiger partial charge in [-0.3, -0.25) is 9.59 Å². The molecule has 5 nitrogen and oxygen atoms in total. The van der Waals surface area contributed by atoms with Gasteiger partial charge < -0.3 is 16.0 Å². The largest absolute Gasteiger partial charge is 0.353 e. The zero-order valence-corrected chi connectivity index (χ0v) is 11.3. The molecule has 0 aromatic heterocycles. The Balaban J connectivity index is 1.51. The van der Waals surface area contributed by atoms with Crippen LogP contribution in [-0.2, 0) is 11.3 Å². The summed E-state index contributed by atoms with van der Waals surface area (Å²) in [5, 5.41) is 2.82. The summed E-state index contributed by atoms with van der Waals surface area (Å²) < 4.78 is 0. The third-order valence-electron chi connectivity index (χ3n) is 3.99. The number of fused-ring (bicyclic) bond motifs is 1. The fourth-order valence-electron chi connectivity index (χ4n) is 2.59. The van der Waals surface area contributed by atoms with Gasteiger partial charge in [-0.25, -0.2) is 0 Å². The smallest absolute Gasteiger partial charge is 0.254 e. The first kappa shape index (κ1) is 13.1. The number of nitrogens with two attached hydrogens (primary N) is 1. The molecule has 0 spiro atoms. The van der Waals surface area contributed by atoms with Gasteiger partial charge in [0.1, 0.15) is 6.54 Å². The highest BCUT2D eigenvalue weighted by Crippen LogP contribution is 2.31. The van der Waals surface area contributed by atoms with E-state index in [0.29, 0.717) is 24.6 Å². The van der Waals surface area contributed by atoms with Crippen molar-refractivity contribution in [3.05, 3.63) is 35.4 Å². The van der Waals surface area contributed by atoms with E-state index in [1.807, 2.05) is 18.2 Å². The van der Waals surface area contributed by atoms with Gasteiger partial charge in [-0.1, -0.05) is 18.2 Å². The summed E-state index contributed by atoms with van der Waals surface area (Å²) in [7, 11) is 0. The van der Waals surface area contributed by atoms with E-state index in [1.54, 1.807) is 11.0 Å². The molecule has 0 saturated heterocycles. The van der Waals surface area contributed by atoms with Crippen molar-refractivity contribution in [1.29, 1.82) is 0 Å². The molecule has 1 aromatic rings. The van der Waals surface area contributed by atoms with E-state index >= 15 is 0 Å². The minimum atomic E-state index is -0.137. The molecule has 1 aromatic carbocycles. The van der Waals surface area contributed by atoms with Crippen molar-refractivity contribution in [3.8, 4) is 0 Å². The van der Waals surface area contributed by atoms with Crippen LogP contribution in [0.2, 0.25) is 0 Å². The predicted molar refractivity (Wildman–Crippen MR) is 74.9 cm³/mol. The molecule has 1 saturated carbocycles. The van der Waals surface area contributed by atoms with Gasteiger partial charge in [0, 0.05) is 24.7 Å². The Morgan fingerprint density at radius 3 is 2.85 bits per heavy atom. The molecule has 106 valence electrons. The number of carbonyl (C=O) groups is 2. The first-order valence-corrected chi connectivity index (χ1v) is 7.04. The first-order valence-electron chi connectivity index (χ1n) is 7.04. The lowest BCUT2D eigenvalue weighted by Gasteiger charge is -2.17. The molecular weight excluding hydrogens is 254 g/mol. The van der Waals surface area contributed by atoms with Crippen LogP contribution >= 0.6 is 0 Å². The molecule has 1 fully saturated rings. The summed E-state index contributed by atoms with van der Waals surface area (Å²) in [6.45, 7) is 1.11. The van der Waals surface area contributed by atoms with Crippen molar-refractivity contribution in [1.82, 2.24) is 10.2 Å². The Hall–Kier alpha value is -1.88. The highest BCUT2D eigenvalue weighted by atomic mass is 16.2. The van der Waals surface area contributed by atoms with Gasteiger partial charge in [0.2, 0.25) is 5.91 Å². The topological polar surface area (TPSA) is 75.4 Å². The Bertz CT molecular complexity index is 540. The second-order valence-electron chi connectivity index (χ2n) is 5.62. The zero-order valence-electron chi connectivity index (χ0n) is 11.3. The molecule has 2 amide bonds. The van der Waals surface area contributed by atoms with Gasteiger partial charge >= 0.3 is 0 Å². The number of amides is 2. The van der Waals surface area contributed by atoms with Crippen LogP contribution in [0.3, 0.4) is 0 Å². The normalized spacial score (nSPS) is 18.9. The SMILES string of the molecule is NC(CNC(=O)CN1Cc2ccccc2C1=O)C1CC1. The fraction of sp³-hybridized carbons (Fsp3) is 0.467. The van der Waals surface area contributed by atoms with Crippen LogP contribution in [0, 0.1) is 5.92 Å². The maximum Gasteiger partial charge on any atom is 0.254 e. The van der Waals surface area contributed by atoms with Crippen molar-refractivity contribution in [3.63, 3.8) is 0 Å². The molecule has 20 heavy (non-hydrogen) atoms. The van der Waals surface area contributed by atoms with Gasteiger partial charge in [0.05, 0.1) is 0 Å². The van der Waals surface area contributed by atoms with Crippen LogP contribution in [0.4, 0.5) is 0 Å². The van der Waals surface area contributed by atoms with Crippen molar-refractivity contribution in [2.45, 2.75) is 25.4 Å². The Labute approximate surface area is 118 Å². The molecular formula is C15H19N3O2. The van der Waals surface area contributed by atoms with Crippen molar-refractivity contribution in [2.24, 2.45) is 11.7 Å². The van der Waals surface area contributed by atoms with Crippen molar-refractivity contribution >= 4 is 11.8 Å². The molecule has 1 aliphatic carbocycles. The van der Waals surface area contributed by atoms with Gasteiger partial charge in [-0.15, -0.1) is 0 Å². The minimum absolute atomic E-state index is 0.0467. The van der Waals surface area contributed by atoms with Gasteiger partial charge in [0.25, 0.3) is 5.91 Å². The first-order chi connectivity index (χ1) is 9.65. The fourth-order valence-corrected chi connectivity index (χ4v) is 2.59. The maximum atomic E-state index is 12.1. The van der Waals surface area contributed by atoms with E-state index in [4.69, 9.17) is 5.73 Å². The molecule has 3 N–H and O–H groups in total. The van der Waals surface area contributed by atoms with E-state index in [9.17, 15) is 9.59 Å². The number of hydrogen-bond donors (Lipinski definition) is 2. The number of nitrogens with zero attached hydrogens (tertiary/aromatic N) is 1. The van der Waals surface area contributed by atoms with E-state index < -0.39 is 0 Å². The van der Waals surface area contributed by atoms with Crippen LogP contribution < -0.4 is 11.1 Å². The Kier molecular flexibility index (Phi) is 3.44. The van der Waals surface area contributed by atoms with E-state index in [2.05, 4.69) is 5.32 Å². The molecule has 5 heteroatoms. The Morgan fingerprint density at radius 1 is 1.40 bits per heavy atom. The van der Waals surface area contributed by atoms with Gasteiger partial charge in [0.15, 0.2) is 0 Å². The average molecular weight is 273 g/mol. The lowest BCUT2D eigenvalue weighted by atomic mass is 10.1. The quantitative estimate of drug-likeness (QED) is 0.820. The molecule has 0 radical (unpaired) electrons. The van der Waals surface area contributed by atoms with Crippen LogP contribution in [0.25, 0.3) is 0 Å². The summed E-state index contributed by atoms with van der Waals surface area (Å²) in [6.07, 6.45) is 2.33. The molecule has 0 bridgehead atoms. The number of rotatable bonds is 5. The van der Waals surface area contributed by atoms with Crippen molar-refractivity contribution in [2.75, 3.05) is 13.1 Å². The number of benzene rings is 1. The third-order valence-corrected chi connectivity index (χ3v) is 3.99. The zero-order chi connectivity index (χ0) is 14.1. The molecule has 2 aliphatic rings.